The highest BCUT2D eigenvalue weighted by molar-refractivity contribution is 7.80. The molecule has 0 amide bonds. The van der Waals surface area contributed by atoms with Crippen molar-refractivity contribution >= 4 is 39.6 Å². The minimum atomic E-state index is 0.284. The van der Waals surface area contributed by atoms with Crippen molar-refractivity contribution in [2.75, 3.05) is 13.1 Å². The molecule has 0 bridgehead atoms. The molecule has 1 aromatic carbocycles. The van der Waals surface area contributed by atoms with E-state index in [9.17, 15) is 0 Å². The molecule has 3 aromatic rings. The number of thiocarbonyl (C=S) groups is 1. The van der Waals surface area contributed by atoms with Crippen LogP contribution in [-0.4, -0.2) is 23.2 Å². The molecule has 126 valence electrons. The SMILES string of the molecule is CCCCNC(=S)NC[C@H](c1cccs1)c1c[nH]c2ccccc12. The van der Waals surface area contributed by atoms with Gasteiger partial charge in [0.1, 0.15) is 0 Å². The van der Waals surface area contributed by atoms with Crippen LogP contribution >= 0.6 is 23.6 Å². The zero-order valence-corrected chi connectivity index (χ0v) is 15.5. The third-order valence-electron chi connectivity index (χ3n) is 4.17. The number of aromatic amines is 1. The van der Waals surface area contributed by atoms with Gasteiger partial charge in [-0.15, -0.1) is 11.3 Å². The summed E-state index contributed by atoms with van der Waals surface area (Å²) in [6.07, 6.45) is 4.44. The summed E-state index contributed by atoms with van der Waals surface area (Å²) in [7, 11) is 0. The van der Waals surface area contributed by atoms with E-state index in [1.54, 1.807) is 11.3 Å². The van der Waals surface area contributed by atoms with E-state index in [4.69, 9.17) is 12.2 Å². The van der Waals surface area contributed by atoms with Crippen molar-refractivity contribution in [3.63, 3.8) is 0 Å². The molecule has 3 rings (SSSR count). The van der Waals surface area contributed by atoms with E-state index in [1.807, 2.05) is 0 Å². The van der Waals surface area contributed by atoms with Crippen LogP contribution in [0.2, 0.25) is 0 Å². The quantitative estimate of drug-likeness (QED) is 0.427. The molecule has 5 heteroatoms. The van der Waals surface area contributed by atoms with Gasteiger partial charge in [0.25, 0.3) is 0 Å². The Morgan fingerprint density at radius 1 is 1.21 bits per heavy atom. The fraction of sp³-hybridized carbons (Fsp3) is 0.316. The van der Waals surface area contributed by atoms with Gasteiger partial charge in [-0.3, -0.25) is 0 Å². The summed E-state index contributed by atoms with van der Waals surface area (Å²) in [5, 5.41) is 10.8. The number of thiophene rings is 1. The predicted molar refractivity (Wildman–Crippen MR) is 108 cm³/mol. The topological polar surface area (TPSA) is 39.8 Å². The summed E-state index contributed by atoms with van der Waals surface area (Å²) in [5.74, 6) is 0.284. The molecule has 0 saturated carbocycles. The molecule has 2 heterocycles. The maximum atomic E-state index is 5.41. The Balaban J connectivity index is 1.77. The maximum absolute atomic E-state index is 5.41. The Hall–Kier alpha value is -1.85. The number of hydrogen-bond acceptors (Lipinski definition) is 2. The number of rotatable bonds is 7. The lowest BCUT2D eigenvalue weighted by Gasteiger charge is -2.18. The predicted octanol–water partition coefficient (Wildman–Crippen LogP) is 4.63. The largest absolute Gasteiger partial charge is 0.363 e. The van der Waals surface area contributed by atoms with Gasteiger partial charge in [-0.2, -0.15) is 0 Å². The van der Waals surface area contributed by atoms with Crippen LogP contribution in [0.15, 0.2) is 48.0 Å². The van der Waals surface area contributed by atoms with Crippen LogP contribution in [-0.2, 0) is 0 Å². The molecule has 0 unspecified atom stereocenters. The molecule has 2 aromatic heterocycles. The van der Waals surface area contributed by atoms with Gasteiger partial charge in [0.2, 0.25) is 0 Å². The van der Waals surface area contributed by atoms with Gasteiger partial charge in [0, 0.05) is 41.0 Å². The van der Waals surface area contributed by atoms with Crippen molar-refractivity contribution in [1.29, 1.82) is 0 Å². The van der Waals surface area contributed by atoms with Crippen molar-refractivity contribution in [3.8, 4) is 0 Å². The van der Waals surface area contributed by atoms with Gasteiger partial charge in [-0.05, 0) is 41.7 Å². The Kier molecular flexibility index (Phi) is 5.88. The van der Waals surface area contributed by atoms with Crippen molar-refractivity contribution in [1.82, 2.24) is 15.6 Å². The number of nitrogens with one attached hydrogen (secondary N) is 3. The van der Waals surface area contributed by atoms with E-state index in [0.29, 0.717) is 0 Å². The standard InChI is InChI=1S/C19H23N3S2/c1-2-3-10-20-19(23)22-13-16(18-9-6-11-24-18)15-12-21-17-8-5-4-7-14(15)17/h4-9,11-12,16,21H,2-3,10,13H2,1H3,(H2,20,22,23)/t16-/m0/s1. The third-order valence-corrected chi connectivity index (χ3v) is 5.44. The summed E-state index contributed by atoms with van der Waals surface area (Å²) < 4.78 is 0. The van der Waals surface area contributed by atoms with Gasteiger partial charge in [0.15, 0.2) is 5.11 Å². The van der Waals surface area contributed by atoms with Crippen LogP contribution in [0.1, 0.15) is 36.1 Å². The lowest BCUT2D eigenvalue weighted by atomic mass is 9.97. The van der Waals surface area contributed by atoms with Crippen LogP contribution in [0, 0.1) is 0 Å². The first-order valence-electron chi connectivity index (χ1n) is 8.40. The van der Waals surface area contributed by atoms with E-state index >= 15 is 0 Å². The van der Waals surface area contributed by atoms with E-state index in [-0.39, 0.29) is 5.92 Å². The highest BCUT2D eigenvalue weighted by atomic mass is 32.1. The molecule has 0 aliphatic heterocycles. The molecule has 0 saturated heterocycles. The zero-order valence-electron chi connectivity index (χ0n) is 13.8. The summed E-state index contributed by atoms with van der Waals surface area (Å²) in [6.45, 7) is 3.90. The van der Waals surface area contributed by atoms with Crippen LogP contribution in [0.5, 0.6) is 0 Å². The monoisotopic (exact) mass is 357 g/mol. The Morgan fingerprint density at radius 3 is 2.88 bits per heavy atom. The number of unbranched alkanes of at least 4 members (excludes halogenated alkanes) is 1. The van der Waals surface area contributed by atoms with E-state index in [1.165, 1.54) is 27.8 Å². The average molecular weight is 358 g/mol. The van der Waals surface area contributed by atoms with Crippen molar-refractivity contribution < 1.29 is 0 Å². The van der Waals surface area contributed by atoms with E-state index in [2.05, 4.69) is 70.5 Å². The number of para-hydroxylation sites is 1. The lowest BCUT2D eigenvalue weighted by Crippen LogP contribution is -2.38. The third kappa shape index (κ3) is 3.97. The second kappa shape index (κ2) is 8.31. The summed E-state index contributed by atoms with van der Waals surface area (Å²) in [5.41, 5.74) is 2.50. The molecule has 1 atom stereocenters. The number of aromatic nitrogens is 1. The van der Waals surface area contributed by atoms with Crippen molar-refractivity contribution in [2.24, 2.45) is 0 Å². The minimum absolute atomic E-state index is 0.284. The van der Waals surface area contributed by atoms with Gasteiger partial charge in [0.05, 0.1) is 0 Å². The summed E-state index contributed by atoms with van der Waals surface area (Å²) in [6, 6.07) is 12.8. The highest BCUT2D eigenvalue weighted by Gasteiger charge is 2.19. The normalized spacial score (nSPS) is 12.2. The number of benzene rings is 1. The fourth-order valence-electron chi connectivity index (χ4n) is 2.87. The number of fused-ring (bicyclic) bond motifs is 1. The summed E-state index contributed by atoms with van der Waals surface area (Å²) in [4.78, 5) is 4.74. The van der Waals surface area contributed by atoms with Gasteiger partial charge >= 0.3 is 0 Å². The van der Waals surface area contributed by atoms with Gasteiger partial charge in [-0.25, -0.2) is 0 Å². The zero-order chi connectivity index (χ0) is 16.8. The second-order valence-corrected chi connectivity index (χ2v) is 7.24. The van der Waals surface area contributed by atoms with Gasteiger partial charge in [-0.1, -0.05) is 37.6 Å². The lowest BCUT2D eigenvalue weighted by molar-refractivity contribution is 0.720. The summed E-state index contributed by atoms with van der Waals surface area (Å²) >= 11 is 7.21. The van der Waals surface area contributed by atoms with Crippen LogP contribution in [0.4, 0.5) is 0 Å². The molecule has 0 spiro atoms. The van der Waals surface area contributed by atoms with E-state index < -0.39 is 0 Å². The van der Waals surface area contributed by atoms with E-state index in [0.717, 1.165) is 24.6 Å². The minimum Gasteiger partial charge on any atom is -0.363 e. The molecule has 3 N–H and O–H groups in total. The molecular weight excluding hydrogens is 334 g/mol. The van der Waals surface area contributed by atoms with Crippen LogP contribution < -0.4 is 10.6 Å². The highest BCUT2D eigenvalue weighted by Crippen LogP contribution is 2.32. The Morgan fingerprint density at radius 2 is 2.08 bits per heavy atom. The van der Waals surface area contributed by atoms with Crippen molar-refractivity contribution in [2.45, 2.75) is 25.7 Å². The molecule has 0 fully saturated rings. The molecule has 0 aliphatic rings. The van der Waals surface area contributed by atoms with Gasteiger partial charge < -0.3 is 15.6 Å². The Bertz CT molecular complexity index is 777. The number of H-pyrrole nitrogens is 1. The molecule has 0 aliphatic carbocycles. The Labute approximate surface area is 152 Å². The molecule has 24 heavy (non-hydrogen) atoms. The smallest absolute Gasteiger partial charge is 0.166 e. The maximum Gasteiger partial charge on any atom is 0.166 e. The number of hydrogen-bond donors (Lipinski definition) is 3. The first kappa shape index (κ1) is 17.0. The molecular formula is C19H23N3S2. The molecule has 3 nitrogen and oxygen atoms in total. The van der Waals surface area contributed by atoms with Crippen LogP contribution in [0.25, 0.3) is 10.9 Å². The van der Waals surface area contributed by atoms with Crippen LogP contribution in [0.3, 0.4) is 0 Å². The van der Waals surface area contributed by atoms with Crippen molar-refractivity contribution in [3.05, 3.63) is 58.4 Å². The second-order valence-electron chi connectivity index (χ2n) is 5.85. The fourth-order valence-corrected chi connectivity index (χ4v) is 3.90. The molecule has 0 radical (unpaired) electrons. The average Bonchev–Trinajstić information content (AvgIpc) is 3.26. The first-order valence-corrected chi connectivity index (χ1v) is 9.69. The first-order chi connectivity index (χ1) is 11.8.